The van der Waals surface area contributed by atoms with Crippen molar-refractivity contribution in [2.45, 2.75) is 19.4 Å². The molecule has 20 heavy (non-hydrogen) atoms. The van der Waals surface area contributed by atoms with E-state index in [0.717, 1.165) is 22.5 Å². The summed E-state index contributed by atoms with van der Waals surface area (Å²) in [5.41, 5.74) is 1.08. The zero-order valence-corrected chi connectivity index (χ0v) is 12.6. The van der Waals surface area contributed by atoms with Crippen LogP contribution in [0.1, 0.15) is 30.5 Å². The number of pyridine rings is 1. The Hall–Kier alpha value is -1.33. The van der Waals surface area contributed by atoms with E-state index in [9.17, 15) is 8.78 Å². The fourth-order valence-electron chi connectivity index (χ4n) is 2.03. The van der Waals surface area contributed by atoms with E-state index in [1.54, 1.807) is 18.5 Å². The maximum absolute atomic E-state index is 14.0. The van der Waals surface area contributed by atoms with Crippen molar-refractivity contribution in [1.29, 1.82) is 0 Å². The highest BCUT2D eigenvalue weighted by Crippen LogP contribution is 2.26. The first kappa shape index (κ1) is 15.1. The molecule has 0 amide bonds. The monoisotopic (exact) mass is 340 g/mol. The van der Waals surface area contributed by atoms with Crippen LogP contribution in [0.3, 0.4) is 0 Å². The largest absolute Gasteiger partial charge is 0.306 e. The minimum atomic E-state index is -0.839. The number of nitrogens with zero attached hydrogens (tertiary/aromatic N) is 1. The normalized spacial score (nSPS) is 12.4. The Balaban J connectivity index is 2.44. The van der Waals surface area contributed by atoms with Gasteiger partial charge in [0.15, 0.2) is 11.6 Å². The minimum Gasteiger partial charge on any atom is -0.306 e. The maximum atomic E-state index is 14.0. The van der Waals surface area contributed by atoms with E-state index in [4.69, 9.17) is 0 Å². The van der Waals surface area contributed by atoms with Crippen LogP contribution in [0.5, 0.6) is 0 Å². The third-order valence-corrected chi connectivity index (χ3v) is 3.38. The van der Waals surface area contributed by atoms with E-state index < -0.39 is 17.7 Å². The molecular formula is C15H15BrF2N2. The molecule has 0 radical (unpaired) electrons. The van der Waals surface area contributed by atoms with Gasteiger partial charge in [-0.05, 0) is 46.6 Å². The predicted octanol–water partition coefficient (Wildman–Crippen LogP) is 4.21. The summed E-state index contributed by atoms with van der Waals surface area (Å²) in [6.07, 6.45) is 4.21. The molecule has 2 aromatic rings. The lowest BCUT2D eigenvalue weighted by Gasteiger charge is -2.20. The number of nitrogens with one attached hydrogen (secondary N) is 1. The van der Waals surface area contributed by atoms with Crippen LogP contribution in [-0.4, -0.2) is 11.5 Å². The number of aromatic nitrogens is 1. The van der Waals surface area contributed by atoms with Gasteiger partial charge in [-0.15, -0.1) is 0 Å². The summed E-state index contributed by atoms with van der Waals surface area (Å²) in [4.78, 5) is 4.09. The smallest absolute Gasteiger partial charge is 0.163 e. The van der Waals surface area contributed by atoms with Crippen LogP contribution in [0.15, 0.2) is 41.1 Å². The summed E-state index contributed by atoms with van der Waals surface area (Å²) in [6, 6.07) is 5.65. The van der Waals surface area contributed by atoms with Gasteiger partial charge in [-0.25, -0.2) is 8.78 Å². The summed E-state index contributed by atoms with van der Waals surface area (Å²) < 4.78 is 28.2. The molecule has 2 rings (SSSR count). The maximum Gasteiger partial charge on any atom is 0.163 e. The SMILES string of the molecule is CCCNC(c1cncc(Br)c1)c1cccc(F)c1F. The van der Waals surface area contributed by atoms with Gasteiger partial charge in [0.25, 0.3) is 0 Å². The molecule has 1 aromatic carbocycles. The molecule has 5 heteroatoms. The highest BCUT2D eigenvalue weighted by molar-refractivity contribution is 9.10. The molecule has 1 aromatic heterocycles. The van der Waals surface area contributed by atoms with Crippen molar-refractivity contribution in [3.63, 3.8) is 0 Å². The highest BCUT2D eigenvalue weighted by Gasteiger charge is 2.19. The second-order valence-corrected chi connectivity index (χ2v) is 5.38. The second-order valence-electron chi connectivity index (χ2n) is 4.47. The zero-order valence-electron chi connectivity index (χ0n) is 11.0. The molecule has 0 spiro atoms. The third-order valence-electron chi connectivity index (χ3n) is 2.95. The van der Waals surface area contributed by atoms with Crippen LogP contribution < -0.4 is 5.32 Å². The van der Waals surface area contributed by atoms with Crippen LogP contribution in [0.2, 0.25) is 0 Å². The Morgan fingerprint density at radius 3 is 2.80 bits per heavy atom. The van der Waals surface area contributed by atoms with Crippen molar-refractivity contribution in [3.8, 4) is 0 Å². The summed E-state index contributed by atoms with van der Waals surface area (Å²) in [6.45, 7) is 2.72. The fraction of sp³-hybridized carbons (Fsp3) is 0.267. The molecule has 0 aliphatic carbocycles. The molecule has 1 N–H and O–H groups in total. The van der Waals surface area contributed by atoms with Crippen LogP contribution in [0.4, 0.5) is 8.78 Å². The Kier molecular flexibility index (Phi) is 5.20. The van der Waals surface area contributed by atoms with Gasteiger partial charge in [-0.3, -0.25) is 4.98 Å². The molecule has 0 fully saturated rings. The van der Waals surface area contributed by atoms with Crippen molar-refractivity contribution < 1.29 is 8.78 Å². The van der Waals surface area contributed by atoms with Crippen molar-refractivity contribution in [1.82, 2.24) is 10.3 Å². The lowest BCUT2D eigenvalue weighted by molar-refractivity contribution is 0.480. The van der Waals surface area contributed by atoms with Crippen molar-refractivity contribution in [2.24, 2.45) is 0 Å². The van der Waals surface area contributed by atoms with Crippen LogP contribution in [0.25, 0.3) is 0 Å². The van der Waals surface area contributed by atoms with Crippen molar-refractivity contribution in [3.05, 3.63) is 63.9 Å². The Bertz CT molecular complexity index is 590. The van der Waals surface area contributed by atoms with Crippen LogP contribution >= 0.6 is 15.9 Å². The van der Waals surface area contributed by atoms with E-state index in [1.807, 2.05) is 13.0 Å². The van der Waals surface area contributed by atoms with Crippen molar-refractivity contribution >= 4 is 15.9 Å². The van der Waals surface area contributed by atoms with E-state index in [1.165, 1.54) is 6.07 Å². The van der Waals surface area contributed by atoms with Gasteiger partial charge < -0.3 is 5.32 Å². The number of halogens is 3. The summed E-state index contributed by atoms with van der Waals surface area (Å²) in [5, 5.41) is 3.23. The molecule has 0 aliphatic rings. The first-order valence-electron chi connectivity index (χ1n) is 6.41. The third kappa shape index (κ3) is 3.41. The average Bonchev–Trinajstić information content (AvgIpc) is 2.44. The first-order chi connectivity index (χ1) is 9.63. The molecule has 0 saturated carbocycles. The summed E-state index contributed by atoms with van der Waals surface area (Å²) in [5.74, 6) is -1.66. The minimum absolute atomic E-state index is 0.290. The Morgan fingerprint density at radius 1 is 1.30 bits per heavy atom. The predicted molar refractivity (Wildman–Crippen MR) is 78.4 cm³/mol. The summed E-state index contributed by atoms with van der Waals surface area (Å²) >= 11 is 3.35. The van der Waals surface area contributed by atoms with Gasteiger partial charge in [-0.2, -0.15) is 0 Å². The number of rotatable bonds is 5. The van der Waals surface area contributed by atoms with Crippen molar-refractivity contribution in [2.75, 3.05) is 6.54 Å². The quantitative estimate of drug-likeness (QED) is 0.881. The summed E-state index contributed by atoms with van der Waals surface area (Å²) in [7, 11) is 0. The molecular weight excluding hydrogens is 326 g/mol. The van der Waals surface area contributed by atoms with E-state index in [2.05, 4.69) is 26.2 Å². The van der Waals surface area contributed by atoms with Gasteiger partial charge in [0.2, 0.25) is 0 Å². The lowest BCUT2D eigenvalue weighted by Crippen LogP contribution is -2.24. The molecule has 0 saturated heterocycles. The van der Waals surface area contributed by atoms with Gasteiger partial charge in [-0.1, -0.05) is 19.1 Å². The first-order valence-corrected chi connectivity index (χ1v) is 7.20. The van der Waals surface area contributed by atoms with E-state index in [-0.39, 0.29) is 0 Å². The zero-order chi connectivity index (χ0) is 14.5. The highest BCUT2D eigenvalue weighted by atomic mass is 79.9. The van der Waals surface area contributed by atoms with Crippen LogP contribution in [0, 0.1) is 11.6 Å². The van der Waals surface area contributed by atoms with Gasteiger partial charge >= 0.3 is 0 Å². The number of hydrogen-bond donors (Lipinski definition) is 1. The Labute approximate surface area is 125 Å². The van der Waals surface area contributed by atoms with Gasteiger partial charge in [0.1, 0.15) is 0 Å². The van der Waals surface area contributed by atoms with Gasteiger partial charge in [0, 0.05) is 22.4 Å². The Morgan fingerprint density at radius 2 is 2.10 bits per heavy atom. The average molecular weight is 341 g/mol. The molecule has 0 aliphatic heterocycles. The second kappa shape index (κ2) is 6.90. The standard InChI is InChI=1S/C15H15BrF2N2/c1-2-6-20-15(10-7-11(16)9-19-8-10)12-4-3-5-13(17)14(12)18/h3-5,7-9,15,20H,2,6H2,1H3. The van der Waals surface area contributed by atoms with Gasteiger partial charge in [0.05, 0.1) is 6.04 Å². The molecule has 106 valence electrons. The van der Waals surface area contributed by atoms with Crippen LogP contribution in [-0.2, 0) is 0 Å². The molecule has 1 atom stereocenters. The molecule has 1 unspecified atom stereocenters. The lowest BCUT2D eigenvalue weighted by atomic mass is 9.99. The molecule has 0 bridgehead atoms. The topological polar surface area (TPSA) is 24.9 Å². The molecule has 1 heterocycles. The van der Waals surface area contributed by atoms with E-state index in [0.29, 0.717) is 12.1 Å². The molecule has 2 nitrogen and oxygen atoms in total. The number of hydrogen-bond acceptors (Lipinski definition) is 2. The number of benzene rings is 1. The van der Waals surface area contributed by atoms with E-state index >= 15 is 0 Å². The fourth-order valence-corrected chi connectivity index (χ4v) is 2.41.